The lowest BCUT2D eigenvalue weighted by atomic mass is 9.49. The molecule has 5 aliphatic rings. The van der Waals surface area contributed by atoms with E-state index in [4.69, 9.17) is 17.3 Å². The minimum atomic E-state index is -0.111. The van der Waals surface area contributed by atoms with E-state index in [1.54, 1.807) is 0 Å². The number of carbonyl (C=O) groups excluding carboxylic acids is 1. The number of hydrogen-bond donors (Lipinski definition) is 3. The zero-order valence-corrected chi connectivity index (χ0v) is 19.2. The fourth-order valence-corrected chi connectivity index (χ4v) is 7.30. The minimum absolute atomic E-state index is 0.0613. The van der Waals surface area contributed by atoms with Crippen LogP contribution < -0.4 is 11.1 Å². The van der Waals surface area contributed by atoms with E-state index in [2.05, 4.69) is 10.2 Å². The molecule has 0 aliphatic heterocycles. The first-order valence-corrected chi connectivity index (χ1v) is 12.4. The zero-order valence-electron chi connectivity index (χ0n) is 18.4. The average Bonchev–Trinajstić information content (AvgIpc) is 3.43. The number of nitrogens with zero attached hydrogens (tertiary/aromatic N) is 1. The van der Waals surface area contributed by atoms with E-state index < -0.39 is 0 Å². The van der Waals surface area contributed by atoms with E-state index in [1.165, 1.54) is 38.5 Å². The Balaban J connectivity index is 1.24. The molecule has 0 heterocycles. The fraction of sp³-hybridized carbons (Fsp3) is 0.720. The van der Waals surface area contributed by atoms with Crippen molar-refractivity contribution in [2.45, 2.75) is 63.5 Å². The van der Waals surface area contributed by atoms with Crippen molar-refractivity contribution in [1.82, 2.24) is 10.2 Å². The first kappa shape index (κ1) is 21.7. The fourth-order valence-electron chi connectivity index (χ4n) is 7.09. The number of amides is 1. The number of benzene rings is 1. The highest BCUT2D eigenvalue weighted by Gasteiger charge is 2.50. The van der Waals surface area contributed by atoms with Crippen LogP contribution in [-0.2, 0) is 6.54 Å². The van der Waals surface area contributed by atoms with Gasteiger partial charge in [-0.2, -0.15) is 0 Å². The zero-order chi connectivity index (χ0) is 21.6. The molecule has 0 atom stereocenters. The summed E-state index contributed by atoms with van der Waals surface area (Å²) in [5.41, 5.74) is 8.08. The predicted octanol–water partition coefficient (Wildman–Crippen LogP) is 3.57. The summed E-state index contributed by atoms with van der Waals surface area (Å²) in [6.07, 6.45) is 10.2. The summed E-state index contributed by atoms with van der Waals surface area (Å²) in [6, 6.07) is 5.71. The van der Waals surface area contributed by atoms with Gasteiger partial charge in [-0.3, -0.25) is 9.69 Å². The summed E-state index contributed by atoms with van der Waals surface area (Å²) < 4.78 is 0. The summed E-state index contributed by atoms with van der Waals surface area (Å²) >= 11 is 6.43. The summed E-state index contributed by atoms with van der Waals surface area (Å²) in [5.74, 6) is 2.58. The quantitative estimate of drug-likeness (QED) is 0.543. The number of nitrogens with one attached hydrogen (secondary N) is 1. The molecule has 5 saturated carbocycles. The molecular formula is C25H36ClN3O2. The highest BCUT2D eigenvalue weighted by molar-refractivity contribution is 6.33. The average molecular weight is 446 g/mol. The van der Waals surface area contributed by atoms with Crippen LogP contribution in [-0.4, -0.2) is 47.7 Å². The van der Waals surface area contributed by atoms with Crippen LogP contribution in [0.2, 0.25) is 5.02 Å². The van der Waals surface area contributed by atoms with Gasteiger partial charge < -0.3 is 16.2 Å². The van der Waals surface area contributed by atoms with Gasteiger partial charge in [-0.1, -0.05) is 17.7 Å². The van der Waals surface area contributed by atoms with Crippen molar-refractivity contribution < 1.29 is 9.90 Å². The van der Waals surface area contributed by atoms with Crippen molar-refractivity contribution in [1.29, 1.82) is 0 Å². The molecule has 0 unspecified atom stereocenters. The third-order valence-electron chi connectivity index (χ3n) is 8.32. The maximum absolute atomic E-state index is 13.1. The Labute approximate surface area is 190 Å². The van der Waals surface area contributed by atoms with Gasteiger partial charge in [-0.15, -0.1) is 0 Å². The maximum Gasteiger partial charge on any atom is 0.252 e. The molecule has 1 aromatic rings. The second kappa shape index (κ2) is 8.33. The minimum Gasteiger partial charge on any atom is -0.395 e. The number of aliphatic hydroxyl groups is 1. The van der Waals surface area contributed by atoms with E-state index >= 15 is 0 Å². The Morgan fingerprint density at radius 3 is 2.39 bits per heavy atom. The van der Waals surface area contributed by atoms with Crippen LogP contribution in [0.1, 0.15) is 67.3 Å². The van der Waals surface area contributed by atoms with Gasteiger partial charge in [0.15, 0.2) is 0 Å². The monoisotopic (exact) mass is 445 g/mol. The molecule has 0 spiro atoms. The number of aliphatic hydroxyl groups excluding tert-OH is 1. The normalized spacial score (nSPS) is 32.5. The molecule has 1 aromatic carbocycles. The van der Waals surface area contributed by atoms with Crippen molar-refractivity contribution >= 4 is 17.5 Å². The van der Waals surface area contributed by atoms with E-state index in [1.807, 2.05) is 18.2 Å². The van der Waals surface area contributed by atoms with Crippen LogP contribution in [0.5, 0.6) is 0 Å². The molecule has 5 fully saturated rings. The van der Waals surface area contributed by atoms with Crippen LogP contribution in [0, 0.1) is 23.2 Å². The molecular weight excluding hydrogens is 410 g/mol. The third kappa shape index (κ3) is 4.80. The molecule has 0 radical (unpaired) electrons. The van der Waals surface area contributed by atoms with Gasteiger partial charge in [0.25, 0.3) is 5.91 Å². The Hall–Kier alpha value is -1.14. The van der Waals surface area contributed by atoms with Gasteiger partial charge in [-0.05, 0) is 92.2 Å². The SMILES string of the molecule is NC1(CN(CCO)Cc2ccc(Cl)c(C(=O)NCC34CC5CC(CC(C5)C3)C4)c2)CC1. The molecule has 0 aromatic heterocycles. The Bertz CT molecular complexity index is 803. The molecule has 31 heavy (non-hydrogen) atoms. The second-order valence-corrected chi connectivity index (χ2v) is 11.6. The Morgan fingerprint density at radius 2 is 1.81 bits per heavy atom. The summed E-state index contributed by atoms with van der Waals surface area (Å²) in [5, 5.41) is 13.2. The predicted molar refractivity (Wildman–Crippen MR) is 123 cm³/mol. The molecule has 5 nitrogen and oxygen atoms in total. The van der Waals surface area contributed by atoms with Gasteiger partial charge in [0.1, 0.15) is 0 Å². The molecule has 170 valence electrons. The highest BCUT2D eigenvalue weighted by atomic mass is 35.5. The van der Waals surface area contributed by atoms with E-state index in [0.29, 0.717) is 29.1 Å². The van der Waals surface area contributed by atoms with Crippen molar-refractivity contribution in [3.05, 3.63) is 34.3 Å². The van der Waals surface area contributed by atoms with Gasteiger partial charge in [0, 0.05) is 31.7 Å². The van der Waals surface area contributed by atoms with Crippen LogP contribution >= 0.6 is 11.6 Å². The van der Waals surface area contributed by atoms with Crippen LogP contribution in [0.25, 0.3) is 0 Å². The Morgan fingerprint density at radius 1 is 1.16 bits per heavy atom. The van der Waals surface area contributed by atoms with Gasteiger partial charge >= 0.3 is 0 Å². The molecule has 5 aliphatic carbocycles. The topological polar surface area (TPSA) is 78.6 Å². The summed E-state index contributed by atoms with van der Waals surface area (Å²) in [6.45, 7) is 2.88. The molecule has 6 heteroatoms. The number of rotatable bonds is 9. The number of halogens is 1. The molecule has 4 N–H and O–H groups in total. The lowest BCUT2D eigenvalue weighted by Gasteiger charge is -2.56. The first-order chi connectivity index (χ1) is 14.9. The largest absolute Gasteiger partial charge is 0.395 e. The van der Waals surface area contributed by atoms with Crippen molar-refractivity contribution in [2.75, 3.05) is 26.2 Å². The Kier molecular flexibility index (Phi) is 5.83. The van der Waals surface area contributed by atoms with Crippen LogP contribution in [0.4, 0.5) is 0 Å². The lowest BCUT2D eigenvalue weighted by Crippen LogP contribution is -2.51. The number of hydrogen-bond acceptors (Lipinski definition) is 4. The smallest absolute Gasteiger partial charge is 0.252 e. The van der Waals surface area contributed by atoms with Crippen molar-refractivity contribution in [3.8, 4) is 0 Å². The van der Waals surface area contributed by atoms with Crippen molar-refractivity contribution in [3.63, 3.8) is 0 Å². The molecule has 0 saturated heterocycles. The maximum atomic E-state index is 13.1. The summed E-state index contributed by atoms with van der Waals surface area (Å²) in [7, 11) is 0. The number of carbonyl (C=O) groups is 1. The van der Waals surface area contributed by atoms with Gasteiger partial charge in [0.2, 0.25) is 0 Å². The van der Waals surface area contributed by atoms with Crippen LogP contribution in [0.15, 0.2) is 18.2 Å². The van der Waals surface area contributed by atoms with Gasteiger partial charge in [0.05, 0.1) is 17.2 Å². The third-order valence-corrected chi connectivity index (χ3v) is 8.65. The summed E-state index contributed by atoms with van der Waals surface area (Å²) in [4.78, 5) is 15.3. The highest BCUT2D eigenvalue weighted by Crippen LogP contribution is 2.59. The van der Waals surface area contributed by atoms with Crippen molar-refractivity contribution in [2.24, 2.45) is 28.9 Å². The van der Waals surface area contributed by atoms with E-state index in [0.717, 1.165) is 49.2 Å². The number of nitrogens with two attached hydrogens (primary N) is 1. The standard InChI is InChI=1S/C25H36ClN3O2/c26-22-2-1-17(14-29(5-6-30)16-25(27)3-4-25)10-21(22)23(31)28-15-24-11-18-7-19(12-24)9-20(8-18)13-24/h1-2,10,18-20,30H,3-9,11-16,27H2,(H,28,31). The molecule has 4 bridgehead atoms. The first-order valence-electron chi connectivity index (χ1n) is 12.0. The lowest BCUT2D eigenvalue weighted by molar-refractivity contribution is -0.0503. The molecule has 6 rings (SSSR count). The van der Waals surface area contributed by atoms with Crippen LogP contribution in [0.3, 0.4) is 0 Å². The van der Waals surface area contributed by atoms with E-state index in [-0.39, 0.29) is 18.1 Å². The second-order valence-electron chi connectivity index (χ2n) is 11.2. The van der Waals surface area contributed by atoms with Gasteiger partial charge in [-0.25, -0.2) is 0 Å². The molecule has 1 amide bonds. The van der Waals surface area contributed by atoms with E-state index in [9.17, 15) is 9.90 Å².